The molecule has 78 valence electrons. The summed E-state index contributed by atoms with van der Waals surface area (Å²) in [5.74, 6) is -0.719. The summed E-state index contributed by atoms with van der Waals surface area (Å²) < 4.78 is 35.2. The van der Waals surface area contributed by atoms with Crippen molar-refractivity contribution in [3.05, 3.63) is 23.2 Å². The molecule has 2 nitrogen and oxygen atoms in total. The first-order valence-corrected chi connectivity index (χ1v) is 5.42. The van der Waals surface area contributed by atoms with Gasteiger partial charge in [0.2, 0.25) is 6.43 Å². The summed E-state index contributed by atoms with van der Waals surface area (Å²) in [5.41, 5.74) is 5.77. The predicted octanol–water partition coefficient (Wildman–Crippen LogP) is 2.29. The minimum atomic E-state index is -2.62. The molecule has 0 saturated heterocycles. The predicted molar refractivity (Wildman–Crippen MR) is 53.1 cm³/mol. The van der Waals surface area contributed by atoms with Gasteiger partial charge in [0.15, 0.2) is 0 Å². The monoisotopic (exact) mass is 239 g/mol. The van der Waals surface area contributed by atoms with Crippen LogP contribution in [0.25, 0.3) is 0 Å². The Morgan fingerprint density at radius 3 is 2.71 bits per heavy atom. The SMILES string of the molecule is Nc1ccc(Cl)c(S(=O)CC(F)F)c1. The summed E-state index contributed by atoms with van der Waals surface area (Å²) in [4.78, 5) is 0.159. The van der Waals surface area contributed by atoms with E-state index in [1.54, 1.807) is 0 Å². The lowest BCUT2D eigenvalue weighted by atomic mass is 10.3. The Morgan fingerprint density at radius 2 is 2.14 bits per heavy atom. The molecule has 1 unspecified atom stereocenters. The van der Waals surface area contributed by atoms with E-state index in [-0.39, 0.29) is 9.92 Å². The van der Waals surface area contributed by atoms with E-state index in [0.717, 1.165) is 0 Å². The highest BCUT2D eigenvalue weighted by atomic mass is 35.5. The van der Waals surface area contributed by atoms with Crippen LogP contribution in [0.5, 0.6) is 0 Å². The number of nitrogen functional groups attached to an aromatic ring is 1. The fourth-order valence-corrected chi connectivity index (χ4v) is 2.24. The second-order valence-electron chi connectivity index (χ2n) is 2.59. The highest BCUT2D eigenvalue weighted by molar-refractivity contribution is 7.85. The van der Waals surface area contributed by atoms with Crippen LogP contribution in [0.1, 0.15) is 0 Å². The number of hydrogen-bond donors (Lipinski definition) is 1. The smallest absolute Gasteiger partial charge is 0.250 e. The average Bonchev–Trinajstić information content (AvgIpc) is 2.08. The van der Waals surface area contributed by atoms with Gasteiger partial charge in [-0.2, -0.15) is 0 Å². The van der Waals surface area contributed by atoms with E-state index in [2.05, 4.69) is 0 Å². The molecule has 0 aromatic heterocycles. The minimum Gasteiger partial charge on any atom is -0.399 e. The molecule has 0 bridgehead atoms. The Balaban J connectivity index is 2.94. The van der Waals surface area contributed by atoms with Gasteiger partial charge >= 0.3 is 0 Å². The molecule has 1 atom stereocenters. The number of nitrogens with two attached hydrogens (primary N) is 1. The van der Waals surface area contributed by atoms with E-state index in [4.69, 9.17) is 17.3 Å². The molecule has 0 radical (unpaired) electrons. The van der Waals surface area contributed by atoms with Crippen LogP contribution >= 0.6 is 11.6 Å². The average molecular weight is 240 g/mol. The Labute approximate surface area is 87.5 Å². The van der Waals surface area contributed by atoms with Gasteiger partial charge in [-0.1, -0.05) is 11.6 Å². The molecule has 1 rings (SSSR count). The lowest BCUT2D eigenvalue weighted by molar-refractivity contribution is 0.175. The third-order valence-corrected chi connectivity index (χ3v) is 3.30. The molecule has 0 saturated carbocycles. The quantitative estimate of drug-likeness (QED) is 0.823. The highest BCUT2D eigenvalue weighted by Crippen LogP contribution is 2.23. The van der Waals surface area contributed by atoms with Gasteiger partial charge in [0.25, 0.3) is 0 Å². The first-order valence-electron chi connectivity index (χ1n) is 3.72. The molecule has 0 aliphatic heterocycles. The molecule has 0 aliphatic rings. The maximum atomic E-state index is 11.9. The van der Waals surface area contributed by atoms with Crippen LogP contribution in [0, 0.1) is 0 Å². The molecular formula is C8H8ClF2NOS. The van der Waals surface area contributed by atoms with Crippen LogP contribution in [0.15, 0.2) is 23.1 Å². The molecular weight excluding hydrogens is 232 g/mol. The Kier molecular flexibility index (Phi) is 3.83. The first-order chi connectivity index (χ1) is 6.50. The second-order valence-corrected chi connectivity index (χ2v) is 4.46. The lowest BCUT2D eigenvalue weighted by Gasteiger charge is -2.04. The van der Waals surface area contributed by atoms with Crippen molar-refractivity contribution in [2.24, 2.45) is 0 Å². The third kappa shape index (κ3) is 2.92. The van der Waals surface area contributed by atoms with Gasteiger partial charge < -0.3 is 5.73 Å². The van der Waals surface area contributed by atoms with E-state index >= 15 is 0 Å². The highest BCUT2D eigenvalue weighted by Gasteiger charge is 2.14. The van der Waals surface area contributed by atoms with E-state index in [1.165, 1.54) is 18.2 Å². The normalized spacial score (nSPS) is 13.1. The molecule has 6 heteroatoms. The van der Waals surface area contributed by atoms with Gasteiger partial charge in [-0.25, -0.2) is 8.78 Å². The summed E-state index contributed by atoms with van der Waals surface area (Å²) >= 11 is 5.68. The third-order valence-electron chi connectivity index (χ3n) is 1.48. The van der Waals surface area contributed by atoms with E-state index in [0.29, 0.717) is 5.69 Å². The van der Waals surface area contributed by atoms with Crippen LogP contribution in [-0.4, -0.2) is 16.4 Å². The lowest BCUT2D eigenvalue weighted by Crippen LogP contribution is -2.07. The summed E-state index contributed by atoms with van der Waals surface area (Å²) in [6.45, 7) is 0. The zero-order valence-electron chi connectivity index (χ0n) is 7.04. The van der Waals surface area contributed by atoms with E-state index in [1.807, 2.05) is 0 Å². The first kappa shape index (κ1) is 11.4. The van der Waals surface area contributed by atoms with Gasteiger partial charge in [-0.15, -0.1) is 0 Å². The molecule has 0 amide bonds. The van der Waals surface area contributed by atoms with Crippen molar-refractivity contribution in [3.63, 3.8) is 0 Å². The fraction of sp³-hybridized carbons (Fsp3) is 0.250. The topological polar surface area (TPSA) is 43.1 Å². The number of alkyl halides is 2. The van der Waals surface area contributed by atoms with Crippen molar-refractivity contribution in [2.45, 2.75) is 11.3 Å². The summed E-state index contributed by atoms with van der Waals surface area (Å²) in [6, 6.07) is 4.31. The van der Waals surface area contributed by atoms with Crippen LogP contribution in [0.4, 0.5) is 14.5 Å². The molecule has 0 spiro atoms. The number of anilines is 1. The zero-order chi connectivity index (χ0) is 10.7. The van der Waals surface area contributed by atoms with Crippen molar-refractivity contribution < 1.29 is 13.0 Å². The molecule has 1 aromatic carbocycles. The summed E-state index contributed by atoms with van der Waals surface area (Å²) in [6.07, 6.45) is -2.62. The standard InChI is InChI=1S/C8H8ClF2NOS/c9-6-2-1-5(12)3-7(6)14(13)4-8(10)11/h1-3,8H,4,12H2. The Hall–Kier alpha value is -0.680. The van der Waals surface area contributed by atoms with Gasteiger partial charge in [0, 0.05) is 5.69 Å². The second kappa shape index (κ2) is 4.70. The van der Waals surface area contributed by atoms with Gasteiger partial charge in [-0.3, -0.25) is 4.21 Å². The van der Waals surface area contributed by atoms with Crippen molar-refractivity contribution in [1.29, 1.82) is 0 Å². The van der Waals surface area contributed by atoms with Crippen molar-refractivity contribution in [1.82, 2.24) is 0 Å². The molecule has 1 aromatic rings. The maximum Gasteiger partial charge on any atom is 0.250 e. The molecule has 14 heavy (non-hydrogen) atoms. The molecule has 0 aliphatic carbocycles. The Morgan fingerprint density at radius 1 is 1.50 bits per heavy atom. The zero-order valence-corrected chi connectivity index (χ0v) is 8.62. The molecule has 0 heterocycles. The fourth-order valence-electron chi connectivity index (χ4n) is 0.899. The molecule has 2 N–H and O–H groups in total. The van der Waals surface area contributed by atoms with E-state index < -0.39 is 23.0 Å². The number of hydrogen-bond acceptors (Lipinski definition) is 2. The van der Waals surface area contributed by atoms with Crippen molar-refractivity contribution in [2.75, 3.05) is 11.5 Å². The van der Waals surface area contributed by atoms with Crippen LogP contribution < -0.4 is 5.73 Å². The molecule has 0 fully saturated rings. The Bertz CT molecular complexity index is 359. The van der Waals surface area contributed by atoms with Gasteiger partial charge in [0.1, 0.15) is 0 Å². The number of rotatable bonds is 3. The number of halogens is 3. The van der Waals surface area contributed by atoms with Crippen LogP contribution in [0.2, 0.25) is 5.02 Å². The van der Waals surface area contributed by atoms with Gasteiger partial charge in [0.05, 0.1) is 26.5 Å². The van der Waals surface area contributed by atoms with E-state index in [9.17, 15) is 13.0 Å². The van der Waals surface area contributed by atoms with Crippen molar-refractivity contribution >= 4 is 28.1 Å². The van der Waals surface area contributed by atoms with Crippen LogP contribution in [0.3, 0.4) is 0 Å². The largest absolute Gasteiger partial charge is 0.399 e. The maximum absolute atomic E-state index is 11.9. The minimum absolute atomic E-state index is 0.159. The van der Waals surface area contributed by atoms with Gasteiger partial charge in [-0.05, 0) is 18.2 Å². The number of benzene rings is 1. The summed E-state index contributed by atoms with van der Waals surface area (Å²) in [5, 5.41) is 0.193. The summed E-state index contributed by atoms with van der Waals surface area (Å²) in [7, 11) is -1.80. The van der Waals surface area contributed by atoms with Crippen molar-refractivity contribution in [3.8, 4) is 0 Å². The van der Waals surface area contributed by atoms with Crippen LogP contribution in [-0.2, 0) is 10.8 Å².